The van der Waals surface area contributed by atoms with Crippen LogP contribution in [0.5, 0.6) is 0 Å². The minimum atomic E-state index is -0.0614. The summed E-state index contributed by atoms with van der Waals surface area (Å²) in [7, 11) is 0. The average molecular weight is 307 g/mol. The molecule has 1 aliphatic heterocycles. The zero-order chi connectivity index (χ0) is 14.5. The van der Waals surface area contributed by atoms with Gasteiger partial charge in [0.1, 0.15) is 12.9 Å². The van der Waals surface area contributed by atoms with Crippen molar-refractivity contribution in [1.29, 1.82) is 0 Å². The van der Waals surface area contributed by atoms with Gasteiger partial charge in [-0.05, 0) is 29.2 Å². The molecular formula is C12H17N7OS. The molecule has 1 aliphatic rings. The number of nitrogens with one attached hydrogen (secondary N) is 1. The third-order valence-corrected chi connectivity index (χ3v) is 4.33. The molecule has 9 heteroatoms. The van der Waals surface area contributed by atoms with E-state index in [2.05, 4.69) is 30.7 Å². The lowest BCUT2D eigenvalue weighted by Crippen LogP contribution is -2.41. The van der Waals surface area contributed by atoms with Crippen LogP contribution in [0.25, 0.3) is 0 Å². The van der Waals surface area contributed by atoms with Crippen molar-refractivity contribution in [3.8, 4) is 0 Å². The van der Waals surface area contributed by atoms with Crippen molar-refractivity contribution < 1.29 is 4.79 Å². The Kier molecular flexibility index (Phi) is 4.39. The highest BCUT2D eigenvalue weighted by Crippen LogP contribution is 2.24. The van der Waals surface area contributed by atoms with Crippen LogP contribution >= 0.6 is 11.3 Å². The van der Waals surface area contributed by atoms with Gasteiger partial charge in [-0.25, -0.2) is 9.67 Å². The Bertz CT molecular complexity index is 556. The molecule has 0 aliphatic carbocycles. The summed E-state index contributed by atoms with van der Waals surface area (Å²) in [6.45, 7) is 2.83. The predicted octanol–water partition coefficient (Wildman–Crippen LogP) is 0.162. The van der Waals surface area contributed by atoms with Crippen LogP contribution in [0.1, 0.15) is 12.8 Å². The lowest BCUT2D eigenvalue weighted by Gasteiger charge is -2.32. The smallest absolute Gasteiger partial charge is 0.241 e. The van der Waals surface area contributed by atoms with Crippen molar-refractivity contribution >= 4 is 22.4 Å². The maximum absolute atomic E-state index is 11.8. The number of carbonyl (C=O) groups is 1. The molecule has 2 aromatic heterocycles. The van der Waals surface area contributed by atoms with E-state index in [4.69, 9.17) is 0 Å². The standard InChI is InChI=1S/C12H17N7OS/c20-11(8-19-9-15-16-17-19)14-6-10-2-1-4-18(7-10)12-13-3-5-21-12/h3,5,9-10H,1-2,4,6-8H2,(H,14,20). The molecule has 1 atom stereocenters. The van der Waals surface area contributed by atoms with Crippen molar-refractivity contribution in [2.75, 3.05) is 24.5 Å². The molecule has 8 nitrogen and oxygen atoms in total. The van der Waals surface area contributed by atoms with Crippen LogP contribution in [0.2, 0.25) is 0 Å². The van der Waals surface area contributed by atoms with Crippen molar-refractivity contribution in [2.45, 2.75) is 19.4 Å². The number of nitrogens with zero attached hydrogens (tertiary/aromatic N) is 6. The molecule has 0 saturated carbocycles. The maximum atomic E-state index is 11.8. The Morgan fingerprint density at radius 3 is 3.24 bits per heavy atom. The Labute approximate surface area is 126 Å². The fourth-order valence-corrected chi connectivity index (χ4v) is 3.17. The molecule has 1 unspecified atom stereocenters. The summed E-state index contributed by atoms with van der Waals surface area (Å²) in [5.41, 5.74) is 0. The number of piperidine rings is 1. The number of thiazole rings is 1. The van der Waals surface area contributed by atoms with Gasteiger partial charge < -0.3 is 10.2 Å². The number of hydrogen-bond acceptors (Lipinski definition) is 7. The van der Waals surface area contributed by atoms with Crippen LogP contribution in [-0.2, 0) is 11.3 Å². The zero-order valence-electron chi connectivity index (χ0n) is 11.6. The highest BCUT2D eigenvalue weighted by Gasteiger charge is 2.21. The normalized spacial score (nSPS) is 18.7. The van der Waals surface area contributed by atoms with Gasteiger partial charge >= 0.3 is 0 Å². The first-order valence-corrected chi connectivity index (χ1v) is 7.81. The van der Waals surface area contributed by atoms with Crippen LogP contribution in [0.15, 0.2) is 17.9 Å². The molecule has 1 saturated heterocycles. The maximum Gasteiger partial charge on any atom is 0.241 e. The first-order valence-electron chi connectivity index (χ1n) is 6.93. The van der Waals surface area contributed by atoms with Gasteiger partial charge in [-0.1, -0.05) is 0 Å². The minimum Gasteiger partial charge on any atom is -0.354 e. The van der Waals surface area contributed by atoms with Crippen LogP contribution in [0, 0.1) is 5.92 Å². The molecule has 1 fully saturated rings. The lowest BCUT2D eigenvalue weighted by atomic mass is 9.98. The molecule has 0 spiro atoms. The summed E-state index contributed by atoms with van der Waals surface area (Å²) in [6, 6.07) is 0. The zero-order valence-corrected chi connectivity index (χ0v) is 12.4. The van der Waals surface area contributed by atoms with Gasteiger partial charge in [0.25, 0.3) is 0 Å². The van der Waals surface area contributed by atoms with E-state index in [9.17, 15) is 4.79 Å². The first-order chi connectivity index (χ1) is 10.3. The van der Waals surface area contributed by atoms with Gasteiger partial charge in [-0.3, -0.25) is 4.79 Å². The summed E-state index contributed by atoms with van der Waals surface area (Å²) in [6.07, 6.45) is 5.53. The second kappa shape index (κ2) is 6.61. The summed E-state index contributed by atoms with van der Waals surface area (Å²) >= 11 is 1.66. The summed E-state index contributed by atoms with van der Waals surface area (Å²) in [5, 5.41) is 16.7. The molecule has 1 amide bonds. The topological polar surface area (TPSA) is 88.8 Å². The summed E-state index contributed by atoms with van der Waals surface area (Å²) in [4.78, 5) is 18.5. The molecule has 0 aromatic carbocycles. The summed E-state index contributed by atoms with van der Waals surface area (Å²) in [5.74, 6) is 0.397. The van der Waals surface area contributed by atoms with Crippen LogP contribution in [0.4, 0.5) is 5.13 Å². The highest BCUT2D eigenvalue weighted by atomic mass is 32.1. The molecule has 0 radical (unpaired) electrons. The van der Waals surface area contributed by atoms with E-state index in [-0.39, 0.29) is 12.5 Å². The minimum absolute atomic E-state index is 0.0614. The van der Waals surface area contributed by atoms with Crippen LogP contribution in [0.3, 0.4) is 0 Å². The molecule has 112 valence electrons. The van der Waals surface area contributed by atoms with Gasteiger partial charge in [0, 0.05) is 31.2 Å². The largest absolute Gasteiger partial charge is 0.354 e. The molecule has 3 rings (SSSR count). The van der Waals surface area contributed by atoms with Crippen molar-refractivity contribution in [2.24, 2.45) is 5.92 Å². The van der Waals surface area contributed by atoms with Gasteiger partial charge in [-0.15, -0.1) is 16.4 Å². The fourth-order valence-electron chi connectivity index (χ4n) is 2.49. The SMILES string of the molecule is O=C(Cn1cnnn1)NCC1CCCN(c2nccs2)C1. The Morgan fingerprint density at radius 1 is 1.52 bits per heavy atom. The number of carbonyl (C=O) groups excluding carboxylic acids is 1. The third-order valence-electron chi connectivity index (χ3n) is 3.49. The summed E-state index contributed by atoms with van der Waals surface area (Å²) < 4.78 is 1.41. The van der Waals surface area contributed by atoms with Crippen molar-refractivity contribution in [3.05, 3.63) is 17.9 Å². The second-order valence-corrected chi connectivity index (χ2v) is 5.95. The van der Waals surface area contributed by atoms with E-state index in [0.717, 1.165) is 31.1 Å². The van der Waals surface area contributed by atoms with E-state index < -0.39 is 0 Å². The van der Waals surface area contributed by atoms with Gasteiger partial charge in [0.05, 0.1) is 0 Å². The number of rotatable bonds is 5. The molecular weight excluding hydrogens is 290 g/mol. The van der Waals surface area contributed by atoms with Crippen molar-refractivity contribution in [1.82, 2.24) is 30.5 Å². The quantitative estimate of drug-likeness (QED) is 0.846. The van der Waals surface area contributed by atoms with Gasteiger partial charge in [0.2, 0.25) is 5.91 Å². The molecule has 1 N–H and O–H groups in total. The number of anilines is 1. The van der Waals surface area contributed by atoms with E-state index in [1.54, 1.807) is 11.3 Å². The van der Waals surface area contributed by atoms with E-state index in [0.29, 0.717) is 12.5 Å². The van der Waals surface area contributed by atoms with Crippen molar-refractivity contribution in [3.63, 3.8) is 0 Å². The fraction of sp³-hybridized carbons (Fsp3) is 0.583. The average Bonchev–Trinajstić information content (AvgIpc) is 3.19. The third kappa shape index (κ3) is 3.75. The van der Waals surface area contributed by atoms with Crippen LogP contribution in [-0.4, -0.2) is 50.7 Å². The van der Waals surface area contributed by atoms with Crippen LogP contribution < -0.4 is 10.2 Å². The Morgan fingerprint density at radius 2 is 2.48 bits per heavy atom. The van der Waals surface area contributed by atoms with E-state index >= 15 is 0 Å². The lowest BCUT2D eigenvalue weighted by molar-refractivity contribution is -0.122. The Balaban J connectivity index is 1.45. The van der Waals surface area contributed by atoms with Gasteiger partial charge in [0.15, 0.2) is 5.13 Å². The van der Waals surface area contributed by atoms with E-state index in [1.165, 1.54) is 11.0 Å². The number of amides is 1. The second-order valence-electron chi connectivity index (χ2n) is 5.08. The van der Waals surface area contributed by atoms with E-state index in [1.807, 2.05) is 11.6 Å². The molecule has 2 aromatic rings. The Hall–Kier alpha value is -2.03. The predicted molar refractivity (Wildman–Crippen MR) is 77.9 cm³/mol. The van der Waals surface area contributed by atoms with Gasteiger partial charge in [-0.2, -0.15) is 0 Å². The molecule has 0 bridgehead atoms. The number of aromatic nitrogens is 5. The monoisotopic (exact) mass is 307 g/mol. The highest BCUT2D eigenvalue weighted by molar-refractivity contribution is 7.13. The number of hydrogen-bond donors (Lipinski definition) is 1. The number of tetrazole rings is 1. The molecule has 3 heterocycles. The molecule has 21 heavy (non-hydrogen) atoms. The first kappa shape index (κ1) is 13.9.